The van der Waals surface area contributed by atoms with E-state index in [-0.39, 0.29) is 42.2 Å². The zero-order valence-corrected chi connectivity index (χ0v) is 13.5. The topological polar surface area (TPSA) is 58.6 Å². The molecule has 1 aromatic rings. The molecule has 6 rings (SSSR count). The second-order valence-electron chi connectivity index (χ2n) is 7.32. The maximum atomic E-state index is 12.8. The van der Waals surface area contributed by atoms with Crippen LogP contribution in [0, 0.1) is 35.5 Å². The van der Waals surface area contributed by atoms with Gasteiger partial charge in [-0.15, -0.1) is 0 Å². The van der Waals surface area contributed by atoms with Crippen LogP contribution in [0.2, 0.25) is 0 Å². The van der Waals surface area contributed by atoms with Gasteiger partial charge < -0.3 is 10.1 Å². The zero-order chi connectivity index (χ0) is 16.4. The molecule has 1 aromatic carbocycles. The van der Waals surface area contributed by atoms with Gasteiger partial charge >= 0.3 is 0 Å². The Hall–Kier alpha value is -2.30. The van der Waals surface area contributed by atoms with E-state index in [2.05, 4.69) is 17.5 Å². The predicted octanol–water partition coefficient (Wildman–Crippen LogP) is 2.12. The lowest BCUT2D eigenvalue weighted by molar-refractivity contribution is -0.139. The number of nitrogens with zero attached hydrogens (tertiary/aromatic N) is 1. The molecule has 0 spiro atoms. The third-order valence-electron chi connectivity index (χ3n) is 6.29. The molecule has 24 heavy (non-hydrogen) atoms. The lowest BCUT2D eigenvalue weighted by Gasteiger charge is -2.37. The Kier molecular flexibility index (Phi) is 2.84. The highest BCUT2D eigenvalue weighted by Gasteiger charge is 2.66. The van der Waals surface area contributed by atoms with Gasteiger partial charge in [0.05, 0.1) is 25.6 Å². The van der Waals surface area contributed by atoms with Crippen LogP contribution in [0.1, 0.15) is 6.42 Å². The molecule has 5 aliphatic rings. The van der Waals surface area contributed by atoms with Crippen molar-refractivity contribution in [1.29, 1.82) is 0 Å². The van der Waals surface area contributed by atoms with Gasteiger partial charge in [-0.3, -0.25) is 14.5 Å². The minimum absolute atomic E-state index is 0.00992. The summed E-state index contributed by atoms with van der Waals surface area (Å²) in [7, 11) is 1.62. The number of nitrogens with one attached hydrogen (secondary N) is 1. The maximum Gasteiger partial charge on any atom is 0.235 e. The average molecular weight is 324 g/mol. The van der Waals surface area contributed by atoms with Crippen molar-refractivity contribution in [3.05, 3.63) is 36.4 Å². The molecule has 2 amide bonds. The first-order valence-corrected chi connectivity index (χ1v) is 8.60. The largest absolute Gasteiger partial charge is 0.497 e. The summed E-state index contributed by atoms with van der Waals surface area (Å²) >= 11 is 0. The molecule has 1 N–H and O–H groups in total. The van der Waals surface area contributed by atoms with E-state index in [1.54, 1.807) is 7.11 Å². The third kappa shape index (κ3) is 1.81. The molecule has 124 valence electrons. The number of rotatable bonds is 4. The highest BCUT2D eigenvalue weighted by molar-refractivity contribution is 6.06. The van der Waals surface area contributed by atoms with E-state index >= 15 is 0 Å². The maximum absolute atomic E-state index is 12.8. The molecule has 2 bridgehead atoms. The van der Waals surface area contributed by atoms with E-state index in [1.807, 2.05) is 24.3 Å². The number of amides is 2. The lowest BCUT2D eigenvalue weighted by Crippen LogP contribution is -2.40. The number of carbonyl (C=O) groups excluding carboxylic acids is 2. The Bertz CT molecular complexity index is 705. The third-order valence-corrected chi connectivity index (χ3v) is 6.29. The van der Waals surface area contributed by atoms with Gasteiger partial charge in [0.15, 0.2) is 0 Å². The summed E-state index contributed by atoms with van der Waals surface area (Å²) in [6, 6.07) is 7.48. The number of ether oxygens (including phenoxy) is 1. The molecule has 0 unspecified atom stereocenters. The van der Waals surface area contributed by atoms with Gasteiger partial charge in [-0.1, -0.05) is 12.2 Å². The highest BCUT2D eigenvalue weighted by Crippen LogP contribution is 2.65. The van der Waals surface area contributed by atoms with Crippen LogP contribution in [0.5, 0.6) is 5.75 Å². The van der Waals surface area contributed by atoms with E-state index in [1.165, 1.54) is 11.3 Å². The van der Waals surface area contributed by atoms with Crippen LogP contribution in [-0.2, 0) is 9.59 Å². The Labute approximate surface area is 140 Å². The molecule has 1 saturated heterocycles. The van der Waals surface area contributed by atoms with E-state index in [0.717, 1.165) is 11.4 Å². The Morgan fingerprint density at radius 1 is 1.04 bits per heavy atom. The van der Waals surface area contributed by atoms with Crippen molar-refractivity contribution in [2.45, 2.75) is 6.42 Å². The Morgan fingerprint density at radius 2 is 1.62 bits per heavy atom. The fourth-order valence-electron chi connectivity index (χ4n) is 5.05. The number of allylic oxidation sites excluding steroid dienone is 2. The van der Waals surface area contributed by atoms with Gasteiger partial charge in [0.25, 0.3) is 0 Å². The summed E-state index contributed by atoms with van der Waals surface area (Å²) in [5.74, 6) is 2.43. The average Bonchev–Trinajstić information content (AvgIpc) is 3.39. The van der Waals surface area contributed by atoms with Crippen LogP contribution in [0.3, 0.4) is 0 Å². The molecule has 5 heteroatoms. The first-order chi connectivity index (χ1) is 11.7. The molecule has 6 atom stereocenters. The quantitative estimate of drug-likeness (QED) is 0.681. The second-order valence-corrected chi connectivity index (χ2v) is 7.32. The summed E-state index contributed by atoms with van der Waals surface area (Å²) in [6.07, 6.45) is 5.59. The number of anilines is 1. The smallest absolute Gasteiger partial charge is 0.235 e. The summed E-state index contributed by atoms with van der Waals surface area (Å²) in [6.45, 7) is 0.242. The molecule has 3 fully saturated rings. The molecule has 0 radical (unpaired) electrons. The van der Waals surface area contributed by atoms with Crippen LogP contribution >= 0.6 is 0 Å². The van der Waals surface area contributed by atoms with Gasteiger partial charge in [-0.05, 0) is 54.4 Å². The van der Waals surface area contributed by atoms with Gasteiger partial charge in [-0.25, -0.2) is 0 Å². The summed E-state index contributed by atoms with van der Waals surface area (Å²) in [5, 5.41) is 3.19. The number of hydrogen-bond donors (Lipinski definition) is 1. The summed E-state index contributed by atoms with van der Waals surface area (Å²) < 4.78 is 5.14. The van der Waals surface area contributed by atoms with Crippen molar-refractivity contribution in [1.82, 2.24) is 4.90 Å². The minimum Gasteiger partial charge on any atom is -0.497 e. The van der Waals surface area contributed by atoms with Crippen LogP contribution in [0.25, 0.3) is 0 Å². The summed E-state index contributed by atoms with van der Waals surface area (Å²) in [5.41, 5.74) is 0.871. The van der Waals surface area contributed by atoms with Crippen molar-refractivity contribution in [2.75, 3.05) is 19.1 Å². The highest BCUT2D eigenvalue weighted by atomic mass is 16.5. The van der Waals surface area contributed by atoms with Crippen molar-refractivity contribution in [3.8, 4) is 5.75 Å². The second kappa shape index (κ2) is 4.85. The van der Waals surface area contributed by atoms with Crippen molar-refractivity contribution in [2.24, 2.45) is 35.5 Å². The number of carbonyl (C=O) groups is 2. The van der Waals surface area contributed by atoms with Crippen molar-refractivity contribution < 1.29 is 14.3 Å². The summed E-state index contributed by atoms with van der Waals surface area (Å²) in [4.78, 5) is 27.1. The van der Waals surface area contributed by atoms with Gasteiger partial charge in [0.2, 0.25) is 11.8 Å². The molecule has 2 saturated carbocycles. The Morgan fingerprint density at radius 3 is 2.17 bits per heavy atom. The van der Waals surface area contributed by atoms with Crippen LogP contribution in [0.4, 0.5) is 5.69 Å². The van der Waals surface area contributed by atoms with Crippen LogP contribution in [-0.4, -0.2) is 30.5 Å². The van der Waals surface area contributed by atoms with Crippen molar-refractivity contribution >= 4 is 17.5 Å². The van der Waals surface area contributed by atoms with E-state index < -0.39 is 0 Å². The molecule has 5 nitrogen and oxygen atoms in total. The monoisotopic (exact) mass is 324 g/mol. The first-order valence-electron chi connectivity index (χ1n) is 8.60. The molecule has 4 aliphatic carbocycles. The predicted molar refractivity (Wildman–Crippen MR) is 88.0 cm³/mol. The fraction of sp³-hybridized carbons (Fsp3) is 0.474. The van der Waals surface area contributed by atoms with Gasteiger partial charge in [0.1, 0.15) is 5.75 Å². The SMILES string of the molecule is COc1ccc(NCN2C(=O)[C@@H]3[C@H]4C=C[C@@H]([C@@H]5C[C@@H]45)[C@@H]3C2=O)cc1. The molecule has 1 aliphatic heterocycles. The standard InChI is InChI=1S/C19H20N2O3/c1-24-11-4-2-10(3-5-11)20-9-21-18(22)16-12-6-7-13(15-8-14(12)15)17(16)19(21)23/h2-7,12-17,20H,8-9H2,1H3/t12-,13-,14-,15-,16-,17+/m0/s1. The normalized spacial score (nSPS) is 38.1. The molecule has 1 heterocycles. The van der Waals surface area contributed by atoms with E-state index in [9.17, 15) is 9.59 Å². The number of hydrogen-bond acceptors (Lipinski definition) is 4. The van der Waals surface area contributed by atoms with E-state index in [0.29, 0.717) is 11.8 Å². The fourth-order valence-corrected chi connectivity index (χ4v) is 5.05. The zero-order valence-electron chi connectivity index (χ0n) is 13.5. The lowest BCUT2D eigenvalue weighted by atomic mass is 9.63. The molecular weight excluding hydrogens is 304 g/mol. The van der Waals surface area contributed by atoms with Gasteiger partial charge in [-0.2, -0.15) is 0 Å². The number of benzene rings is 1. The number of likely N-dealkylation sites (tertiary alicyclic amines) is 1. The Balaban J connectivity index is 1.33. The van der Waals surface area contributed by atoms with Gasteiger partial charge in [0, 0.05) is 5.69 Å². The van der Waals surface area contributed by atoms with Crippen LogP contribution < -0.4 is 10.1 Å². The number of imide groups is 1. The first kappa shape index (κ1) is 14.1. The molecule has 0 aromatic heterocycles. The van der Waals surface area contributed by atoms with Crippen molar-refractivity contribution in [3.63, 3.8) is 0 Å². The number of methoxy groups -OCH3 is 1. The molecular formula is C19H20N2O3. The van der Waals surface area contributed by atoms with E-state index in [4.69, 9.17) is 4.74 Å². The minimum atomic E-state index is -0.117. The van der Waals surface area contributed by atoms with Crippen LogP contribution in [0.15, 0.2) is 36.4 Å².